The number of aromatic hydroxyl groups is 1. The number of aliphatic hydroxyl groups is 2. The first-order valence-electron chi connectivity index (χ1n) is 7.64. The molecule has 0 amide bonds. The van der Waals surface area contributed by atoms with E-state index in [0.29, 0.717) is 34.4 Å². The van der Waals surface area contributed by atoms with Gasteiger partial charge in [-0.1, -0.05) is 12.1 Å². The average molecular weight is 330 g/mol. The minimum atomic E-state index is -0.938. The third-order valence-corrected chi connectivity index (χ3v) is 4.11. The van der Waals surface area contributed by atoms with Crippen molar-refractivity contribution in [3.63, 3.8) is 0 Å². The van der Waals surface area contributed by atoms with Crippen LogP contribution >= 0.6 is 0 Å². The van der Waals surface area contributed by atoms with E-state index in [4.69, 9.17) is 9.84 Å². The Balaban J connectivity index is 1.83. The van der Waals surface area contributed by atoms with Gasteiger partial charge in [0.05, 0.1) is 6.61 Å². The molecule has 6 heteroatoms. The van der Waals surface area contributed by atoms with Crippen molar-refractivity contribution < 1.29 is 30.0 Å². The van der Waals surface area contributed by atoms with Gasteiger partial charge in [0, 0.05) is 6.42 Å². The van der Waals surface area contributed by atoms with Gasteiger partial charge in [0.1, 0.15) is 23.7 Å². The van der Waals surface area contributed by atoms with Crippen molar-refractivity contribution in [2.45, 2.75) is 25.0 Å². The second-order valence-corrected chi connectivity index (χ2v) is 5.75. The van der Waals surface area contributed by atoms with Gasteiger partial charge in [-0.25, -0.2) is 0 Å². The summed E-state index contributed by atoms with van der Waals surface area (Å²) >= 11 is 0. The zero-order chi connectivity index (χ0) is 17.3. The van der Waals surface area contributed by atoms with Crippen molar-refractivity contribution in [2.24, 2.45) is 0 Å². The van der Waals surface area contributed by atoms with E-state index >= 15 is 0 Å². The zero-order valence-corrected chi connectivity index (χ0v) is 12.8. The summed E-state index contributed by atoms with van der Waals surface area (Å²) in [5.41, 5.74) is 2.11. The molecular formula is C18H18O6. The molecule has 0 radical (unpaired) electrons. The first-order valence-corrected chi connectivity index (χ1v) is 7.64. The monoisotopic (exact) mass is 330 g/mol. The van der Waals surface area contributed by atoms with Crippen molar-refractivity contribution in [1.82, 2.24) is 0 Å². The van der Waals surface area contributed by atoms with Crippen molar-refractivity contribution in [3.8, 4) is 11.5 Å². The number of phenolic OH excluding ortho intramolecular Hbond substituents is 1. The zero-order valence-electron chi connectivity index (χ0n) is 12.8. The molecule has 3 rings (SSSR count). The van der Waals surface area contributed by atoms with Gasteiger partial charge in [-0.3, -0.25) is 4.79 Å². The number of phenols is 1. The van der Waals surface area contributed by atoms with Crippen LogP contribution in [0, 0.1) is 0 Å². The summed E-state index contributed by atoms with van der Waals surface area (Å²) in [5.74, 6) is -0.336. The molecule has 0 fully saturated rings. The van der Waals surface area contributed by atoms with Crippen molar-refractivity contribution >= 4 is 5.97 Å². The lowest BCUT2D eigenvalue weighted by atomic mass is 9.82. The Morgan fingerprint density at radius 2 is 1.58 bits per heavy atom. The summed E-state index contributed by atoms with van der Waals surface area (Å²) in [6.45, 7) is 0.258. The SMILES string of the molecule is O=C(O)CCCOc1ccc2c(c1)C(O)c1ccc(O)cc1C2O. The Labute approximate surface area is 138 Å². The summed E-state index contributed by atoms with van der Waals surface area (Å²) in [6, 6.07) is 9.49. The third-order valence-electron chi connectivity index (χ3n) is 4.11. The van der Waals surface area contributed by atoms with Crippen molar-refractivity contribution in [3.05, 3.63) is 58.7 Å². The Morgan fingerprint density at radius 3 is 2.25 bits per heavy atom. The van der Waals surface area contributed by atoms with Crippen LogP contribution in [0.4, 0.5) is 0 Å². The average Bonchev–Trinajstić information content (AvgIpc) is 2.56. The van der Waals surface area contributed by atoms with Gasteiger partial charge in [0.15, 0.2) is 0 Å². The van der Waals surface area contributed by atoms with E-state index in [1.807, 2.05) is 0 Å². The normalized spacial score (nSPS) is 18.6. The molecule has 1 aliphatic carbocycles. The molecule has 2 unspecified atom stereocenters. The van der Waals surface area contributed by atoms with E-state index in [0.717, 1.165) is 0 Å². The number of carbonyl (C=O) groups is 1. The fraction of sp³-hybridized carbons (Fsp3) is 0.278. The van der Waals surface area contributed by atoms with Gasteiger partial charge in [-0.2, -0.15) is 0 Å². The Bertz CT molecular complexity index is 770. The quantitative estimate of drug-likeness (QED) is 0.626. The molecule has 0 spiro atoms. The van der Waals surface area contributed by atoms with Crippen LogP contribution < -0.4 is 4.74 Å². The predicted octanol–water partition coefficient (Wildman–Crippen LogP) is 2.11. The first kappa shape index (κ1) is 16.3. The Hall–Kier alpha value is -2.57. The molecule has 2 atom stereocenters. The highest BCUT2D eigenvalue weighted by Crippen LogP contribution is 2.43. The van der Waals surface area contributed by atoms with E-state index < -0.39 is 18.2 Å². The smallest absolute Gasteiger partial charge is 0.303 e. The minimum absolute atomic E-state index is 0.0295. The van der Waals surface area contributed by atoms with Gasteiger partial charge >= 0.3 is 5.97 Å². The molecule has 0 saturated heterocycles. The van der Waals surface area contributed by atoms with E-state index in [2.05, 4.69) is 0 Å². The van der Waals surface area contributed by atoms with E-state index in [9.17, 15) is 20.1 Å². The Kier molecular flexibility index (Phi) is 4.42. The highest BCUT2D eigenvalue weighted by Gasteiger charge is 2.30. The molecular weight excluding hydrogens is 312 g/mol. The molecule has 0 heterocycles. The number of aliphatic hydroxyl groups excluding tert-OH is 2. The van der Waals surface area contributed by atoms with Gasteiger partial charge in [-0.15, -0.1) is 0 Å². The summed E-state index contributed by atoms with van der Waals surface area (Å²) in [6.07, 6.45) is -1.45. The summed E-state index contributed by atoms with van der Waals surface area (Å²) < 4.78 is 5.52. The summed E-state index contributed by atoms with van der Waals surface area (Å²) in [7, 11) is 0. The van der Waals surface area contributed by atoms with E-state index in [-0.39, 0.29) is 18.8 Å². The number of ether oxygens (including phenoxy) is 1. The second kappa shape index (κ2) is 6.51. The van der Waals surface area contributed by atoms with Gasteiger partial charge < -0.3 is 25.2 Å². The van der Waals surface area contributed by atoms with Gasteiger partial charge in [0.2, 0.25) is 0 Å². The molecule has 0 bridgehead atoms. The highest BCUT2D eigenvalue weighted by atomic mass is 16.5. The highest BCUT2D eigenvalue weighted by molar-refractivity contribution is 5.66. The van der Waals surface area contributed by atoms with Crippen LogP contribution in [0.2, 0.25) is 0 Å². The number of rotatable bonds is 5. The fourth-order valence-electron chi connectivity index (χ4n) is 2.92. The molecule has 0 saturated carbocycles. The van der Waals surface area contributed by atoms with Crippen LogP contribution in [-0.2, 0) is 4.79 Å². The van der Waals surface area contributed by atoms with Crippen molar-refractivity contribution in [1.29, 1.82) is 0 Å². The summed E-state index contributed by atoms with van der Waals surface area (Å²) in [5, 5.41) is 39.3. The Morgan fingerprint density at radius 1 is 0.958 bits per heavy atom. The first-order chi connectivity index (χ1) is 11.5. The number of fused-ring (bicyclic) bond motifs is 2. The lowest BCUT2D eigenvalue weighted by molar-refractivity contribution is -0.137. The standard InChI is InChI=1S/C18H18O6/c19-10-3-5-12-14(8-10)17(22)13-6-4-11(9-15(13)18(12)23)24-7-1-2-16(20)21/h3-6,8-9,17-19,22-23H,1-2,7H2,(H,20,21). The molecule has 2 aromatic carbocycles. The van der Waals surface area contributed by atoms with Crippen LogP contribution in [0.25, 0.3) is 0 Å². The third kappa shape index (κ3) is 3.06. The van der Waals surface area contributed by atoms with Crippen LogP contribution in [0.3, 0.4) is 0 Å². The van der Waals surface area contributed by atoms with Crippen LogP contribution in [0.5, 0.6) is 11.5 Å². The predicted molar refractivity (Wildman–Crippen MR) is 85.0 cm³/mol. The van der Waals surface area contributed by atoms with Gasteiger partial charge in [0.25, 0.3) is 0 Å². The van der Waals surface area contributed by atoms with E-state index in [1.54, 1.807) is 24.3 Å². The maximum atomic E-state index is 10.6. The number of hydrogen-bond donors (Lipinski definition) is 4. The molecule has 0 aliphatic heterocycles. The molecule has 1 aliphatic rings. The largest absolute Gasteiger partial charge is 0.508 e. The minimum Gasteiger partial charge on any atom is -0.508 e. The summed E-state index contributed by atoms with van der Waals surface area (Å²) in [4.78, 5) is 10.5. The van der Waals surface area contributed by atoms with Crippen LogP contribution in [0.1, 0.15) is 47.3 Å². The maximum absolute atomic E-state index is 10.6. The molecule has 24 heavy (non-hydrogen) atoms. The number of aliphatic carboxylic acids is 1. The molecule has 6 nitrogen and oxygen atoms in total. The molecule has 126 valence electrons. The number of carboxylic acids is 1. The topological polar surface area (TPSA) is 107 Å². The van der Waals surface area contributed by atoms with Crippen LogP contribution in [-0.4, -0.2) is 33.0 Å². The number of benzene rings is 2. The van der Waals surface area contributed by atoms with Crippen LogP contribution in [0.15, 0.2) is 36.4 Å². The lowest BCUT2D eigenvalue weighted by Gasteiger charge is -2.29. The lowest BCUT2D eigenvalue weighted by Crippen LogP contribution is -2.18. The van der Waals surface area contributed by atoms with Gasteiger partial charge in [-0.05, 0) is 52.9 Å². The van der Waals surface area contributed by atoms with Crippen molar-refractivity contribution in [2.75, 3.05) is 6.61 Å². The molecule has 2 aromatic rings. The molecule has 4 N–H and O–H groups in total. The van der Waals surface area contributed by atoms with E-state index in [1.165, 1.54) is 12.1 Å². The number of hydrogen-bond acceptors (Lipinski definition) is 5. The maximum Gasteiger partial charge on any atom is 0.303 e. The number of carboxylic acid groups (broad SMARTS) is 1. The fourth-order valence-corrected chi connectivity index (χ4v) is 2.92. The molecule has 0 aromatic heterocycles. The second-order valence-electron chi connectivity index (χ2n) is 5.75.